The second-order valence-corrected chi connectivity index (χ2v) is 8.27. The van der Waals surface area contributed by atoms with Gasteiger partial charge in [0.25, 0.3) is 0 Å². The van der Waals surface area contributed by atoms with Crippen molar-refractivity contribution < 1.29 is 28.7 Å². The molecule has 0 saturated carbocycles. The Morgan fingerprint density at radius 3 is 1.97 bits per heavy atom. The first-order valence-corrected chi connectivity index (χ1v) is 11.9. The maximum absolute atomic E-state index is 13.3. The van der Waals surface area contributed by atoms with E-state index in [1.54, 1.807) is 24.3 Å². The number of nitrogens with one attached hydrogen (secondary N) is 1. The van der Waals surface area contributed by atoms with Gasteiger partial charge in [0, 0.05) is 24.9 Å². The molecule has 0 aromatic heterocycles. The van der Waals surface area contributed by atoms with Gasteiger partial charge in [0.2, 0.25) is 5.91 Å². The molecule has 2 amide bonds. The van der Waals surface area contributed by atoms with E-state index in [-0.39, 0.29) is 31.8 Å². The molecule has 0 radical (unpaired) electrons. The number of rotatable bonds is 12. The average molecular weight is 503 g/mol. The van der Waals surface area contributed by atoms with Crippen LogP contribution in [0.1, 0.15) is 27.9 Å². The van der Waals surface area contributed by atoms with Crippen LogP contribution in [0.15, 0.2) is 91.0 Å². The first kappa shape index (κ1) is 27.1. The van der Waals surface area contributed by atoms with Crippen LogP contribution in [0.25, 0.3) is 0 Å². The van der Waals surface area contributed by atoms with E-state index in [0.717, 1.165) is 11.1 Å². The second kappa shape index (κ2) is 14.2. The molecule has 37 heavy (non-hydrogen) atoms. The highest BCUT2D eigenvalue weighted by molar-refractivity contribution is 5.96. The van der Waals surface area contributed by atoms with Gasteiger partial charge in [-0.05, 0) is 11.1 Å². The van der Waals surface area contributed by atoms with E-state index in [1.807, 2.05) is 66.7 Å². The average Bonchev–Trinajstić information content (AvgIpc) is 2.95. The summed E-state index contributed by atoms with van der Waals surface area (Å²) in [6.07, 6.45) is -0.580. The van der Waals surface area contributed by atoms with Gasteiger partial charge >= 0.3 is 12.1 Å². The Kier molecular flexibility index (Phi) is 10.4. The van der Waals surface area contributed by atoms with Crippen LogP contribution in [0.4, 0.5) is 4.79 Å². The summed E-state index contributed by atoms with van der Waals surface area (Å²) in [6, 6.07) is 26.1. The largest absolute Gasteiger partial charge is 0.467 e. The minimum atomic E-state index is -0.981. The minimum absolute atomic E-state index is 0.00348. The summed E-state index contributed by atoms with van der Waals surface area (Å²) >= 11 is 0. The molecule has 0 aliphatic rings. The Bertz CT molecular complexity index is 1170. The Balaban J connectivity index is 1.71. The van der Waals surface area contributed by atoms with Crippen LogP contribution >= 0.6 is 0 Å². The number of alkyl carbamates (subject to hydrolysis) is 1. The van der Waals surface area contributed by atoms with Crippen molar-refractivity contribution in [2.75, 3.05) is 20.2 Å². The summed E-state index contributed by atoms with van der Waals surface area (Å²) in [5, 5.41) is 2.44. The lowest BCUT2D eigenvalue weighted by atomic mass is 10.0. The summed E-state index contributed by atoms with van der Waals surface area (Å²) in [5.74, 6) is -1.32. The van der Waals surface area contributed by atoms with Crippen molar-refractivity contribution in [3.8, 4) is 0 Å². The van der Waals surface area contributed by atoms with E-state index < -0.39 is 30.6 Å². The van der Waals surface area contributed by atoms with Gasteiger partial charge in [0.1, 0.15) is 19.2 Å². The van der Waals surface area contributed by atoms with Crippen LogP contribution in [0.2, 0.25) is 0 Å². The molecule has 0 unspecified atom stereocenters. The number of amides is 2. The first-order valence-electron chi connectivity index (χ1n) is 11.9. The fourth-order valence-electron chi connectivity index (χ4n) is 3.76. The zero-order chi connectivity index (χ0) is 26.5. The van der Waals surface area contributed by atoms with Gasteiger partial charge in [-0.25, -0.2) is 9.59 Å². The van der Waals surface area contributed by atoms with Crippen molar-refractivity contribution in [3.63, 3.8) is 0 Å². The molecule has 0 saturated heterocycles. The van der Waals surface area contributed by atoms with Gasteiger partial charge in [0.15, 0.2) is 5.78 Å². The predicted octanol–water partition coefficient (Wildman–Crippen LogP) is 3.80. The monoisotopic (exact) mass is 502 g/mol. The number of esters is 1. The number of hydrogen-bond acceptors (Lipinski definition) is 6. The normalized spacial score (nSPS) is 11.2. The number of methoxy groups -OCH3 is 1. The highest BCUT2D eigenvalue weighted by Crippen LogP contribution is 2.14. The lowest BCUT2D eigenvalue weighted by Crippen LogP contribution is -2.51. The van der Waals surface area contributed by atoms with Gasteiger partial charge in [-0.2, -0.15) is 0 Å². The predicted molar refractivity (Wildman–Crippen MR) is 138 cm³/mol. The highest BCUT2D eigenvalue weighted by Gasteiger charge is 2.31. The molecule has 0 aliphatic heterocycles. The van der Waals surface area contributed by atoms with E-state index in [2.05, 4.69) is 5.32 Å². The molecule has 0 bridgehead atoms. The Hall–Kier alpha value is -4.46. The van der Waals surface area contributed by atoms with Crippen LogP contribution in [0, 0.1) is 0 Å². The third-order valence-corrected chi connectivity index (χ3v) is 5.71. The summed E-state index contributed by atoms with van der Waals surface area (Å²) in [5.41, 5.74) is 2.13. The van der Waals surface area contributed by atoms with Crippen LogP contribution < -0.4 is 5.32 Å². The van der Waals surface area contributed by atoms with Gasteiger partial charge in [-0.3, -0.25) is 9.59 Å². The topological polar surface area (TPSA) is 102 Å². The van der Waals surface area contributed by atoms with Crippen molar-refractivity contribution >= 4 is 23.8 Å². The zero-order valence-electron chi connectivity index (χ0n) is 20.7. The molecule has 0 aliphatic carbocycles. The van der Waals surface area contributed by atoms with Crippen LogP contribution in [-0.2, 0) is 32.1 Å². The molecule has 3 aromatic rings. The van der Waals surface area contributed by atoms with Gasteiger partial charge in [-0.1, -0.05) is 91.0 Å². The number of carbonyl (C=O) groups excluding carboxylic acids is 4. The fourth-order valence-corrected chi connectivity index (χ4v) is 3.76. The minimum Gasteiger partial charge on any atom is -0.467 e. The van der Waals surface area contributed by atoms with Crippen LogP contribution in [0.3, 0.4) is 0 Å². The number of ether oxygens (including phenoxy) is 2. The molecule has 1 N–H and O–H groups in total. The molecule has 0 spiro atoms. The van der Waals surface area contributed by atoms with Gasteiger partial charge in [-0.15, -0.1) is 0 Å². The van der Waals surface area contributed by atoms with E-state index in [0.29, 0.717) is 5.56 Å². The molecule has 8 nitrogen and oxygen atoms in total. The Labute approximate surface area is 216 Å². The molecule has 3 aromatic carbocycles. The number of ketones is 1. The molecular formula is C29H30N2O6. The maximum atomic E-state index is 13.3. The fraction of sp³-hybridized carbons (Fsp3) is 0.241. The van der Waals surface area contributed by atoms with Crippen molar-refractivity contribution in [1.82, 2.24) is 10.2 Å². The van der Waals surface area contributed by atoms with Crippen molar-refractivity contribution in [1.29, 1.82) is 0 Å². The molecular weight excluding hydrogens is 472 g/mol. The number of nitrogens with zero attached hydrogens (tertiary/aromatic N) is 1. The van der Waals surface area contributed by atoms with E-state index >= 15 is 0 Å². The van der Waals surface area contributed by atoms with E-state index in [9.17, 15) is 19.2 Å². The molecule has 1 atom stereocenters. The summed E-state index contributed by atoms with van der Waals surface area (Å²) in [6.45, 7) is -0.385. The standard InChI is InChI=1S/C29H30N2O6/c1-36-28(34)25(19-22-11-5-2-6-12-22)31(18-17-26(32)24-15-9-4-10-16-24)27(33)20-30-29(35)37-21-23-13-7-3-8-14-23/h2-16,25H,17-21H2,1H3,(H,30,35)/t25-/m0/s1. The quantitative estimate of drug-likeness (QED) is 0.299. The van der Waals surface area contributed by atoms with Gasteiger partial charge in [0.05, 0.1) is 7.11 Å². The Morgan fingerprint density at radius 2 is 1.38 bits per heavy atom. The van der Waals surface area contributed by atoms with Crippen molar-refractivity contribution in [3.05, 3.63) is 108 Å². The smallest absolute Gasteiger partial charge is 0.407 e. The van der Waals surface area contributed by atoms with Crippen molar-refractivity contribution in [2.24, 2.45) is 0 Å². The van der Waals surface area contributed by atoms with Crippen LogP contribution in [-0.4, -0.2) is 54.9 Å². The first-order chi connectivity index (χ1) is 18.0. The molecule has 3 rings (SSSR count). The summed E-state index contributed by atoms with van der Waals surface area (Å²) in [4.78, 5) is 52.2. The lowest BCUT2D eigenvalue weighted by Gasteiger charge is -2.30. The highest BCUT2D eigenvalue weighted by atomic mass is 16.5. The maximum Gasteiger partial charge on any atom is 0.407 e. The second-order valence-electron chi connectivity index (χ2n) is 8.27. The number of benzene rings is 3. The summed E-state index contributed by atoms with van der Waals surface area (Å²) < 4.78 is 10.2. The zero-order valence-corrected chi connectivity index (χ0v) is 20.7. The van der Waals surface area contributed by atoms with Crippen molar-refractivity contribution in [2.45, 2.75) is 25.5 Å². The van der Waals surface area contributed by atoms with Crippen LogP contribution in [0.5, 0.6) is 0 Å². The van der Waals surface area contributed by atoms with Gasteiger partial charge < -0.3 is 19.7 Å². The third-order valence-electron chi connectivity index (χ3n) is 5.71. The number of Topliss-reactive ketones (excluding diaryl/α,β-unsaturated/α-hetero) is 1. The molecule has 8 heteroatoms. The number of hydrogen-bond donors (Lipinski definition) is 1. The molecule has 192 valence electrons. The van der Waals surface area contributed by atoms with E-state index in [4.69, 9.17) is 9.47 Å². The molecule has 0 fully saturated rings. The molecule has 0 heterocycles. The van der Waals surface area contributed by atoms with E-state index in [1.165, 1.54) is 12.0 Å². The summed E-state index contributed by atoms with van der Waals surface area (Å²) in [7, 11) is 1.25. The Morgan fingerprint density at radius 1 is 0.811 bits per heavy atom. The number of carbonyl (C=O) groups is 4. The third kappa shape index (κ3) is 8.61. The SMILES string of the molecule is COC(=O)[C@H](Cc1ccccc1)N(CCC(=O)c1ccccc1)C(=O)CNC(=O)OCc1ccccc1. The lowest BCUT2D eigenvalue weighted by molar-refractivity contribution is -0.152.